The van der Waals surface area contributed by atoms with Crippen LogP contribution in [0.2, 0.25) is 0 Å². The zero-order chi connectivity index (χ0) is 10.5. The first-order chi connectivity index (χ1) is 6.91. The molecular formula is C13H24O. The van der Waals surface area contributed by atoms with Gasteiger partial charge in [0, 0.05) is 6.42 Å². The largest absolute Gasteiger partial charge is 0.303 e. The van der Waals surface area contributed by atoms with E-state index in [1.54, 1.807) is 0 Å². The molecule has 0 saturated carbocycles. The highest BCUT2D eigenvalue weighted by Crippen LogP contribution is 2.07. The SMILES string of the molecule is CCC/C=C/CCCCCCCC=O. The topological polar surface area (TPSA) is 17.1 Å². The van der Waals surface area contributed by atoms with E-state index in [1.807, 2.05) is 0 Å². The third-order valence-electron chi connectivity index (χ3n) is 2.31. The maximum absolute atomic E-state index is 10.0. The Morgan fingerprint density at radius 3 is 2.00 bits per heavy atom. The van der Waals surface area contributed by atoms with Crippen LogP contribution in [0.1, 0.15) is 64.7 Å². The van der Waals surface area contributed by atoms with Crippen molar-refractivity contribution in [3.8, 4) is 0 Å². The van der Waals surface area contributed by atoms with Crippen molar-refractivity contribution >= 4 is 6.29 Å². The Hall–Kier alpha value is -0.590. The van der Waals surface area contributed by atoms with Crippen LogP contribution in [-0.4, -0.2) is 6.29 Å². The second-order valence-electron chi connectivity index (χ2n) is 3.77. The molecule has 0 aliphatic heterocycles. The normalized spacial score (nSPS) is 10.9. The van der Waals surface area contributed by atoms with Gasteiger partial charge in [-0.1, -0.05) is 44.8 Å². The van der Waals surface area contributed by atoms with Crippen LogP contribution >= 0.6 is 0 Å². The Bertz CT molecular complexity index is 138. The zero-order valence-electron chi connectivity index (χ0n) is 9.50. The highest BCUT2D eigenvalue weighted by atomic mass is 16.1. The number of rotatable bonds is 10. The molecule has 0 aromatic heterocycles. The molecule has 0 aromatic carbocycles. The van der Waals surface area contributed by atoms with E-state index in [2.05, 4.69) is 19.1 Å². The van der Waals surface area contributed by atoms with Crippen LogP contribution in [0.15, 0.2) is 12.2 Å². The molecule has 0 aromatic rings. The molecule has 0 spiro atoms. The van der Waals surface area contributed by atoms with Crippen LogP contribution in [0.3, 0.4) is 0 Å². The lowest BCUT2D eigenvalue weighted by molar-refractivity contribution is -0.107. The van der Waals surface area contributed by atoms with Crippen molar-refractivity contribution in [1.29, 1.82) is 0 Å². The molecule has 0 radical (unpaired) electrons. The molecule has 0 rings (SSSR count). The molecule has 14 heavy (non-hydrogen) atoms. The molecule has 0 bridgehead atoms. The summed E-state index contributed by atoms with van der Waals surface area (Å²) in [5.41, 5.74) is 0. The summed E-state index contributed by atoms with van der Waals surface area (Å²) in [6.45, 7) is 2.21. The highest BCUT2D eigenvalue weighted by molar-refractivity contribution is 5.48. The third kappa shape index (κ3) is 11.4. The van der Waals surface area contributed by atoms with Gasteiger partial charge < -0.3 is 4.79 Å². The molecule has 82 valence electrons. The number of carbonyl (C=O) groups is 1. The van der Waals surface area contributed by atoms with Crippen LogP contribution < -0.4 is 0 Å². The Labute approximate surface area is 88.6 Å². The van der Waals surface area contributed by atoms with Crippen LogP contribution in [0, 0.1) is 0 Å². The minimum atomic E-state index is 0.746. The maximum Gasteiger partial charge on any atom is 0.119 e. The average Bonchev–Trinajstić information content (AvgIpc) is 2.21. The first kappa shape index (κ1) is 13.4. The van der Waals surface area contributed by atoms with Gasteiger partial charge in [0.1, 0.15) is 6.29 Å². The van der Waals surface area contributed by atoms with Crippen molar-refractivity contribution in [1.82, 2.24) is 0 Å². The van der Waals surface area contributed by atoms with Gasteiger partial charge in [0.2, 0.25) is 0 Å². The summed E-state index contributed by atoms with van der Waals surface area (Å²) in [6.07, 6.45) is 16.3. The van der Waals surface area contributed by atoms with E-state index < -0.39 is 0 Å². The Morgan fingerprint density at radius 2 is 1.36 bits per heavy atom. The first-order valence-electron chi connectivity index (χ1n) is 6.00. The molecule has 0 saturated heterocycles. The second-order valence-corrected chi connectivity index (χ2v) is 3.77. The summed E-state index contributed by atoms with van der Waals surface area (Å²) >= 11 is 0. The van der Waals surface area contributed by atoms with Gasteiger partial charge in [-0.2, -0.15) is 0 Å². The Morgan fingerprint density at radius 1 is 0.786 bits per heavy atom. The first-order valence-corrected chi connectivity index (χ1v) is 6.00. The smallest absolute Gasteiger partial charge is 0.119 e. The van der Waals surface area contributed by atoms with Gasteiger partial charge in [-0.05, 0) is 25.7 Å². The number of unbranched alkanes of at least 4 members (excludes halogenated alkanes) is 7. The summed E-state index contributed by atoms with van der Waals surface area (Å²) in [6, 6.07) is 0. The fourth-order valence-electron chi connectivity index (χ4n) is 1.42. The van der Waals surface area contributed by atoms with Gasteiger partial charge >= 0.3 is 0 Å². The molecular weight excluding hydrogens is 172 g/mol. The Kier molecular flexibility index (Phi) is 11.9. The van der Waals surface area contributed by atoms with Crippen LogP contribution in [0.5, 0.6) is 0 Å². The van der Waals surface area contributed by atoms with E-state index in [4.69, 9.17) is 0 Å². The van der Waals surface area contributed by atoms with Gasteiger partial charge in [0.25, 0.3) is 0 Å². The molecule has 0 atom stereocenters. The van der Waals surface area contributed by atoms with E-state index >= 15 is 0 Å². The molecule has 0 aliphatic carbocycles. The quantitative estimate of drug-likeness (QED) is 0.290. The summed E-state index contributed by atoms with van der Waals surface area (Å²) < 4.78 is 0. The number of aldehydes is 1. The second kappa shape index (κ2) is 12.4. The van der Waals surface area contributed by atoms with Crippen molar-refractivity contribution in [2.75, 3.05) is 0 Å². The fourth-order valence-corrected chi connectivity index (χ4v) is 1.42. The molecule has 0 N–H and O–H groups in total. The average molecular weight is 196 g/mol. The van der Waals surface area contributed by atoms with Gasteiger partial charge in [-0.25, -0.2) is 0 Å². The van der Waals surface area contributed by atoms with E-state index in [1.165, 1.54) is 44.9 Å². The summed E-state index contributed by atoms with van der Waals surface area (Å²) in [7, 11) is 0. The summed E-state index contributed by atoms with van der Waals surface area (Å²) in [4.78, 5) is 10.0. The molecule has 0 unspecified atom stereocenters. The van der Waals surface area contributed by atoms with Crippen molar-refractivity contribution in [2.45, 2.75) is 64.7 Å². The standard InChI is InChI=1S/C13H24O/c1-2-3-4-5-6-7-8-9-10-11-12-13-14/h4-5,13H,2-3,6-12H2,1H3/b5-4+. The van der Waals surface area contributed by atoms with Gasteiger partial charge in [-0.3, -0.25) is 0 Å². The van der Waals surface area contributed by atoms with Crippen molar-refractivity contribution in [3.63, 3.8) is 0 Å². The van der Waals surface area contributed by atoms with E-state index in [0.29, 0.717) is 0 Å². The summed E-state index contributed by atoms with van der Waals surface area (Å²) in [5.74, 6) is 0. The Balaban J connectivity index is 2.95. The molecule has 0 heterocycles. The lowest BCUT2D eigenvalue weighted by Gasteiger charge is -1.97. The third-order valence-corrected chi connectivity index (χ3v) is 2.31. The number of hydrogen-bond donors (Lipinski definition) is 0. The minimum Gasteiger partial charge on any atom is -0.303 e. The minimum absolute atomic E-state index is 0.746. The number of allylic oxidation sites excluding steroid dienone is 2. The molecule has 0 amide bonds. The van der Waals surface area contributed by atoms with Gasteiger partial charge in [0.05, 0.1) is 0 Å². The van der Waals surface area contributed by atoms with Gasteiger partial charge in [0.15, 0.2) is 0 Å². The summed E-state index contributed by atoms with van der Waals surface area (Å²) in [5, 5.41) is 0. The van der Waals surface area contributed by atoms with Crippen LogP contribution in [-0.2, 0) is 4.79 Å². The number of hydrogen-bond acceptors (Lipinski definition) is 1. The lowest BCUT2D eigenvalue weighted by atomic mass is 10.1. The molecule has 1 heteroatoms. The zero-order valence-corrected chi connectivity index (χ0v) is 9.50. The molecule has 0 fully saturated rings. The lowest BCUT2D eigenvalue weighted by Crippen LogP contribution is -1.80. The predicted octanol–water partition coefficient (Wildman–Crippen LogP) is 4.27. The van der Waals surface area contributed by atoms with Gasteiger partial charge in [-0.15, -0.1) is 0 Å². The number of carbonyl (C=O) groups excluding carboxylic acids is 1. The molecule has 1 nitrogen and oxygen atoms in total. The van der Waals surface area contributed by atoms with Crippen molar-refractivity contribution in [3.05, 3.63) is 12.2 Å². The van der Waals surface area contributed by atoms with E-state index in [9.17, 15) is 4.79 Å². The monoisotopic (exact) mass is 196 g/mol. The van der Waals surface area contributed by atoms with Crippen LogP contribution in [0.25, 0.3) is 0 Å². The van der Waals surface area contributed by atoms with Crippen LogP contribution in [0.4, 0.5) is 0 Å². The van der Waals surface area contributed by atoms with Crippen molar-refractivity contribution in [2.24, 2.45) is 0 Å². The predicted molar refractivity (Wildman–Crippen MR) is 62.4 cm³/mol. The van der Waals surface area contributed by atoms with E-state index in [-0.39, 0.29) is 0 Å². The fraction of sp³-hybridized carbons (Fsp3) is 0.769. The highest BCUT2D eigenvalue weighted by Gasteiger charge is 1.89. The maximum atomic E-state index is 10.0. The van der Waals surface area contributed by atoms with Crippen molar-refractivity contribution < 1.29 is 4.79 Å². The molecule has 0 aliphatic rings. The van der Waals surface area contributed by atoms with E-state index in [0.717, 1.165) is 19.1 Å².